The van der Waals surface area contributed by atoms with Crippen molar-refractivity contribution < 1.29 is 9.53 Å². The highest BCUT2D eigenvalue weighted by atomic mass is 16.6. The van der Waals surface area contributed by atoms with Crippen LogP contribution in [0.5, 0.6) is 0 Å². The van der Waals surface area contributed by atoms with Crippen molar-refractivity contribution in [3.8, 4) is 11.3 Å². The standard InChI is InChI=1S/C23H26N4O2/c1-15-11-23(13-26(14-23)21(28)29-22(2,3)4)20-10-19(25-27(15)20)17-9-16-7-5-6-8-18(16)24-12-17/h5-10,12,15H,11,13-14H2,1-4H3. The Morgan fingerprint density at radius 3 is 2.72 bits per heavy atom. The first-order valence-electron chi connectivity index (χ1n) is 10.2. The molecular formula is C23H26N4O2. The average Bonchev–Trinajstić information content (AvgIpc) is 3.18. The van der Waals surface area contributed by atoms with E-state index in [9.17, 15) is 4.79 Å². The minimum atomic E-state index is -0.471. The summed E-state index contributed by atoms with van der Waals surface area (Å²) in [5.74, 6) is 0. The van der Waals surface area contributed by atoms with Crippen LogP contribution in [0, 0.1) is 0 Å². The number of ether oxygens (including phenoxy) is 1. The Labute approximate surface area is 170 Å². The zero-order valence-corrected chi connectivity index (χ0v) is 17.3. The molecule has 0 bridgehead atoms. The number of pyridine rings is 1. The average molecular weight is 390 g/mol. The van der Waals surface area contributed by atoms with Gasteiger partial charge in [0.15, 0.2) is 0 Å². The molecule has 1 aromatic carbocycles. The number of likely N-dealkylation sites (tertiary alicyclic amines) is 1. The maximum atomic E-state index is 12.4. The van der Waals surface area contributed by atoms with Crippen LogP contribution in [0.15, 0.2) is 42.6 Å². The van der Waals surface area contributed by atoms with Crippen LogP contribution in [0.4, 0.5) is 4.79 Å². The van der Waals surface area contributed by atoms with Crippen LogP contribution in [-0.4, -0.2) is 44.4 Å². The molecule has 5 rings (SSSR count). The van der Waals surface area contributed by atoms with Gasteiger partial charge in [-0.1, -0.05) is 18.2 Å². The maximum Gasteiger partial charge on any atom is 0.410 e. The lowest BCUT2D eigenvalue weighted by molar-refractivity contribution is -0.0104. The van der Waals surface area contributed by atoms with E-state index in [2.05, 4.69) is 34.8 Å². The van der Waals surface area contributed by atoms with E-state index >= 15 is 0 Å². The van der Waals surface area contributed by atoms with E-state index in [0.717, 1.165) is 28.6 Å². The van der Waals surface area contributed by atoms with Crippen molar-refractivity contribution >= 4 is 17.0 Å². The lowest BCUT2D eigenvalue weighted by Gasteiger charge is -2.47. The normalized spacial score (nSPS) is 20.0. The van der Waals surface area contributed by atoms with Gasteiger partial charge in [-0.3, -0.25) is 9.67 Å². The number of para-hydroxylation sites is 1. The number of amides is 1. The lowest BCUT2D eigenvalue weighted by Crippen LogP contribution is -2.61. The van der Waals surface area contributed by atoms with Gasteiger partial charge in [0, 0.05) is 41.3 Å². The fraction of sp³-hybridized carbons (Fsp3) is 0.435. The van der Waals surface area contributed by atoms with Crippen LogP contribution in [0.25, 0.3) is 22.2 Å². The van der Waals surface area contributed by atoms with Crippen molar-refractivity contribution in [2.45, 2.75) is 51.2 Å². The summed E-state index contributed by atoms with van der Waals surface area (Å²) in [6.45, 7) is 9.27. The molecule has 0 aliphatic carbocycles. The zero-order valence-electron chi connectivity index (χ0n) is 17.3. The molecule has 2 aliphatic heterocycles. The van der Waals surface area contributed by atoms with Gasteiger partial charge in [0.1, 0.15) is 5.60 Å². The molecule has 0 saturated carbocycles. The van der Waals surface area contributed by atoms with Gasteiger partial charge in [0.05, 0.1) is 17.3 Å². The van der Waals surface area contributed by atoms with Gasteiger partial charge >= 0.3 is 6.09 Å². The fourth-order valence-electron chi connectivity index (χ4n) is 4.67. The van der Waals surface area contributed by atoms with Crippen LogP contribution in [-0.2, 0) is 10.2 Å². The van der Waals surface area contributed by atoms with Crippen LogP contribution < -0.4 is 0 Å². The second-order valence-electron chi connectivity index (χ2n) is 9.45. The molecule has 150 valence electrons. The van der Waals surface area contributed by atoms with E-state index in [1.165, 1.54) is 5.69 Å². The predicted octanol–water partition coefficient (Wildman–Crippen LogP) is 4.55. The smallest absolute Gasteiger partial charge is 0.410 e. The second kappa shape index (κ2) is 6.05. The van der Waals surface area contributed by atoms with Gasteiger partial charge < -0.3 is 9.64 Å². The van der Waals surface area contributed by atoms with E-state index in [1.54, 1.807) is 4.90 Å². The van der Waals surface area contributed by atoms with E-state index in [-0.39, 0.29) is 11.5 Å². The summed E-state index contributed by atoms with van der Waals surface area (Å²) < 4.78 is 7.67. The minimum Gasteiger partial charge on any atom is -0.444 e. The third-order valence-electron chi connectivity index (χ3n) is 5.91. The number of nitrogens with zero attached hydrogens (tertiary/aromatic N) is 4. The molecule has 6 heteroatoms. The molecule has 0 radical (unpaired) electrons. The SMILES string of the molecule is CC1CC2(CN(C(=O)OC(C)(C)C)C2)c2cc(-c3cnc4ccccc4c3)nn21. The number of aromatic nitrogens is 3. The number of fused-ring (bicyclic) bond motifs is 3. The molecule has 1 saturated heterocycles. The summed E-state index contributed by atoms with van der Waals surface area (Å²) in [6.07, 6.45) is 2.67. The number of benzene rings is 1. The summed E-state index contributed by atoms with van der Waals surface area (Å²) in [7, 11) is 0. The van der Waals surface area contributed by atoms with E-state index in [1.807, 2.05) is 45.2 Å². The largest absolute Gasteiger partial charge is 0.444 e. The van der Waals surface area contributed by atoms with Crippen LogP contribution in [0.2, 0.25) is 0 Å². The molecule has 1 amide bonds. The summed E-state index contributed by atoms with van der Waals surface area (Å²) >= 11 is 0. The number of carbonyl (C=O) groups is 1. The second-order valence-corrected chi connectivity index (χ2v) is 9.45. The Bertz CT molecular complexity index is 1110. The molecule has 4 heterocycles. The number of rotatable bonds is 1. The molecule has 0 N–H and O–H groups in total. The predicted molar refractivity (Wildman–Crippen MR) is 112 cm³/mol. The molecule has 1 unspecified atom stereocenters. The molecule has 1 atom stereocenters. The topological polar surface area (TPSA) is 60.3 Å². The summed E-state index contributed by atoms with van der Waals surface area (Å²) in [5, 5.41) is 6.01. The molecule has 1 fully saturated rings. The molecule has 1 spiro atoms. The van der Waals surface area contributed by atoms with E-state index < -0.39 is 5.60 Å². The van der Waals surface area contributed by atoms with Gasteiger partial charge in [-0.25, -0.2) is 4.79 Å². The first-order valence-corrected chi connectivity index (χ1v) is 10.2. The number of hydrogen-bond donors (Lipinski definition) is 0. The monoisotopic (exact) mass is 390 g/mol. The van der Waals surface area contributed by atoms with Gasteiger partial charge in [-0.05, 0) is 52.3 Å². The highest BCUT2D eigenvalue weighted by Crippen LogP contribution is 2.48. The van der Waals surface area contributed by atoms with Crippen molar-refractivity contribution in [2.24, 2.45) is 0 Å². The molecule has 3 aromatic rings. The van der Waals surface area contributed by atoms with Gasteiger partial charge in [0.2, 0.25) is 0 Å². The molecule has 29 heavy (non-hydrogen) atoms. The summed E-state index contributed by atoms with van der Waals surface area (Å²) in [4.78, 5) is 18.8. The minimum absolute atomic E-state index is 0.0220. The molecule has 2 aliphatic rings. The third-order valence-corrected chi connectivity index (χ3v) is 5.91. The highest BCUT2D eigenvalue weighted by Gasteiger charge is 2.54. The van der Waals surface area contributed by atoms with E-state index in [4.69, 9.17) is 9.84 Å². The van der Waals surface area contributed by atoms with Crippen LogP contribution >= 0.6 is 0 Å². The number of carbonyl (C=O) groups excluding carboxylic acids is 1. The Morgan fingerprint density at radius 2 is 1.97 bits per heavy atom. The van der Waals surface area contributed by atoms with Crippen molar-refractivity contribution in [1.29, 1.82) is 0 Å². The molecule has 2 aromatic heterocycles. The summed E-state index contributed by atoms with van der Waals surface area (Å²) in [5.41, 5.74) is 3.68. The Balaban J connectivity index is 1.42. The lowest BCUT2D eigenvalue weighted by atomic mass is 9.75. The molecule has 6 nitrogen and oxygen atoms in total. The Morgan fingerprint density at radius 1 is 1.21 bits per heavy atom. The van der Waals surface area contributed by atoms with E-state index in [0.29, 0.717) is 19.1 Å². The Hall–Kier alpha value is -2.89. The van der Waals surface area contributed by atoms with Gasteiger partial charge in [-0.2, -0.15) is 5.10 Å². The quantitative estimate of drug-likeness (QED) is 0.611. The summed E-state index contributed by atoms with van der Waals surface area (Å²) in [6, 6.07) is 12.8. The van der Waals surface area contributed by atoms with Crippen molar-refractivity contribution in [3.05, 3.63) is 48.3 Å². The zero-order chi connectivity index (χ0) is 20.4. The molecular weight excluding hydrogens is 364 g/mol. The van der Waals surface area contributed by atoms with Crippen LogP contribution in [0.3, 0.4) is 0 Å². The van der Waals surface area contributed by atoms with Crippen molar-refractivity contribution in [3.63, 3.8) is 0 Å². The van der Waals surface area contributed by atoms with Gasteiger partial charge in [0.25, 0.3) is 0 Å². The maximum absolute atomic E-state index is 12.4. The van der Waals surface area contributed by atoms with Crippen molar-refractivity contribution in [2.75, 3.05) is 13.1 Å². The Kier molecular flexibility index (Phi) is 3.79. The fourth-order valence-corrected chi connectivity index (χ4v) is 4.67. The highest BCUT2D eigenvalue weighted by molar-refractivity contribution is 5.82. The first kappa shape index (κ1) is 18.2. The third kappa shape index (κ3) is 2.98. The van der Waals surface area contributed by atoms with Crippen molar-refractivity contribution in [1.82, 2.24) is 19.7 Å². The number of hydrogen-bond acceptors (Lipinski definition) is 4. The van der Waals surface area contributed by atoms with Crippen LogP contribution in [0.1, 0.15) is 45.9 Å². The first-order chi connectivity index (χ1) is 13.7. The van der Waals surface area contributed by atoms with Gasteiger partial charge in [-0.15, -0.1) is 0 Å².